The van der Waals surface area contributed by atoms with E-state index in [1.54, 1.807) is 24.3 Å². The smallest absolute Gasteiger partial charge is 0.104 e. The normalized spacial score (nSPS) is 12.2. The van der Waals surface area contributed by atoms with Gasteiger partial charge in [0.1, 0.15) is 20.0 Å². The molecular formula is C12H12ClF3. The molecule has 0 N–H and O–H groups in total. The number of hydrogen-bond acceptors (Lipinski definition) is 0. The van der Waals surface area contributed by atoms with Crippen LogP contribution in [0.5, 0.6) is 0 Å². The highest BCUT2D eigenvalue weighted by molar-refractivity contribution is 6.30. The summed E-state index contributed by atoms with van der Waals surface area (Å²) in [7, 11) is 0. The second-order valence-corrected chi connectivity index (χ2v) is 4.09. The summed E-state index contributed by atoms with van der Waals surface area (Å²) in [5.74, 6) is 0. The lowest BCUT2D eigenvalue weighted by Gasteiger charge is -2.19. The first-order valence-electron chi connectivity index (χ1n) is 4.78. The molecule has 1 aromatic carbocycles. The van der Waals surface area contributed by atoms with Gasteiger partial charge in [-0.3, -0.25) is 0 Å². The van der Waals surface area contributed by atoms with Crippen molar-refractivity contribution in [1.29, 1.82) is 0 Å². The zero-order valence-electron chi connectivity index (χ0n) is 8.60. The van der Waals surface area contributed by atoms with Gasteiger partial charge in [-0.2, -0.15) is 0 Å². The van der Waals surface area contributed by atoms with Crippen LogP contribution < -0.4 is 0 Å². The van der Waals surface area contributed by atoms with Crippen molar-refractivity contribution in [3.63, 3.8) is 0 Å². The van der Waals surface area contributed by atoms with E-state index in [0.29, 0.717) is 10.6 Å². The van der Waals surface area contributed by atoms with E-state index in [1.165, 1.54) is 12.2 Å². The van der Waals surface area contributed by atoms with E-state index < -0.39 is 25.4 Å². The van der Waals surface area contributed by atoms with Crippen molar-refractivity contribution in [2.45, 2.75) is 0 Å². The molecule has 0 aliphatic carbocycles. The van der Waals surface area contributed by atoms with Gasteiger partial charge in [0.05, 0.1) is 5.41 Å². The standard InChI is InChI=1S/C12H12ClF3/c13-11-3-1-2-10(6-11)4-5-12(7-14,8-15)9-16/h1-6H,7-9H2/b5-4+. The van der Waals surface area contributed by atoms with Gasteiger partial charge in [0.2, 0.25) is 0 Å². The van der Waals surface area contributed by atoms with Gasteiger partial charge in [-0.1, -0.05) is 35.9 Å². The van der Waals surface area contributed by atoms with Crippen molar-refractivity contribution >= 4 is 17.7 Å². The summed E-state index contributed by atoms with van der Waals surface area (Å²) in [6.07, 6.45) is 2.70. The molecule has 0 aliphatic heterocycles. The summed E-state index contributed by atoms with van der Waals surface area (Å²) in [4.78, 5) is 0. The molecule has 0 nitrogen and oxygen atoms in total. The van der Waals surface area contributed by atoms with Crippen LogP contribution in [0.2, 0.25) is 5.02 Å². The van der Waals surface area contributed by atoms with Gasteiger partial charge in [-0.15, -0.1) is 0 Å². The summed E-state index contributed by atoms with van der Waals surface area (Å²) in [6, 6.07) is 6.76. The maximum Gasteiger partial charge on any atom is 0.104 e. The molecule has 0 unspecified atom stereocenters. The Kier molecular flexibility index (Phi) is 4.87. The van der Waals surface area contributed by atoms with E-state index in [1.807, 2.05) is 0 Å². The minimum absolute atomic E-state index is 0.522. The third kappa shape index (κ3) is 3.27. The fourth-order valence-electron chi connectivity index (χ4n) is 1.12. The quantitative estimate of drug-likeness (QED) is 0.731. The molecule has 0 fully saturated rings. The number of benzene rings is 1. The Morgan fingerprint density at radius 1 is 1.12 bits per heavy atom. The molecule has 16 heavy (non-hydrogen) atoms. The Bertz CT molecular complexity index is 351. The second-order valence-electron chi connectivity index (χ2n) is 3.65. The molecule has 0 heterocycles. The van der Waals surface area contributed by atoms with E-state index in [9.17, 15) is 13.2 Å². The molecule has 0 saturated carbocycles. The number of rotatable bonds is 5. The van der Waals surface area contributed by atoms with Crippen LogP contribution in [-0.2, 0) is 0 Å². The first kappa shape index (κ1) is 13.1. The molecule has 0 saturated heterocycles. The molecule has 0 aliphatic rings. The number of alkyl halides is 3. The third-order valence-corrected chi connectivity index (χ3v) is 2.51. The van der Waals surface area contributed by atoms with E-state index >= 15 is 0 Å². The van der Waals surface area contributed by atoms with Gasteiger partial charge in [0.25, 0.3) is 0 Å². The zero-order chi connectivity index (χ0) is 12.0. The average Bonchev–Trinajstić information content (AvgIpc) is 2.32. The Hall–Kier alpha value is -0.960. The van der Waals surface area contributed by atoms with Gasteiger partial charge in [0.15, 0.2) is 0 Å². The number of halogens is 4. The zero-order valence-corrected chi connectivity index (χ0v) is 9.35. The molecule has 0 bridgehead atoms. The summed E-state index contributed by atoms with van der Waals surface area (Å²) >= 11 is 5.74. The van der Waals surface area contributed by atoms with E-state index in [2.05, 4.69) is 0 Å². The fraction of sp³-hybridized carbons (Fsp3) is 0.333. The SMILES string of the molecule is FCC(/C=C/c1cccc(Cl)c1)(CF)CF. The Morgan fingerprint density at radius 2 is 1.75 bits per heavy atom. The Labute approximate surface area is 97.7 Å². The molecule has 0 atom stereocenters. The second kappa shape index (κ2) is 5.94. The lowest BCUT2D eigenvalue weighted by Crippen LogP contribution is -2.25. The maximum absolute atomic E-state index is 12.5. The van der Waals surface area contributed by atoms with E-state index in [0.717, 1.165) is 0 Å². The van der Waals surface area contributed by atoms with Gasteiger partial charge in [-0.25, -0.2) is 13.2 Å². The van der Waals surface area contributed by atoms with Crippen LogP contribution in [0.15, 0.2) is 30.3 Å². The number of hydrogen-bond donors (Lipinski definition) is 0. The van der Waals surface area contributed by atoms with Crippen LogP contribution in [0.25, 0.3) is 6.08 Å². The Morgan fingerprint density at radius 3 is 2.25 bits per heavy atom. The highest BCUT2D eigenvalue weighted by Crippen LogP contribution is 2.23. The molecular weight excluding hydrogens is 237 g/mol. The number of allylic oxidation sites excluding steroid dienone is 1. The molecule has 0 aromatic heterocycles. The highest BCUT2D eigenvalue weighted by atomic mass is 35.5. The Balaban J connectivity index is 2.86. The van der Waals surface area contributed by atoms with Gasteiger partial charge < -0.3 is 0 Å². The molecule has 88 valence electrons. The fourth-order valence-corrected chi connectivity index (χ4v) is 1.32. The predicted molar refractivity (Wildman–Crippen MR) is 60.8 cm³/mol. The van der Waals surface area contributed by atoms with E-state index in [4.69, 9.17) is 11.6 Å². The van der Waals surface area contributed by atoms with Crippen LogP contribution in [0.3, 0.4) is 0 Å². The molecule has 0 amide bonds. The van der Waals surface area contributed by atoms with Crippen molar-refractivity contribution in [1.82, 2.24) is 0 Å². The van der Waals surface area contributed by atoms with Crippen molar-refractivity contribution in [2.75, 3.05) is 20.0 Å². The van der Waals surface area contributed by atoms with Crippen molar-refractivity contribution < 1.29 is 13.2 Å². The van der Waals surface area contributed by atoms with Crippen LogP contribution in [-0.4, -0.2) is 20.0 Å². The third-order valence-electron chi connectivity index (χ3n) is 2.28. The maximum atomic E-state index is 12.5. The van der Waals surface area contributed by atoms with Crippen molar-refractivity contribution in [3.8, 4) is 0 Å². The summed E-state index contributed by atoms with van der Waals surface area (Å²) < 4.78 is 37.6. The van der Waals surface area contributed by atoms with Crippen LogP contribution in [0.1, 0.15) is 5.56 Å². The minimum Gasteiger partial charge on any atom is -0.250 e. The molecule has 1 aromatic rings. The molecule has 4 heteroatoms. The molecule has 0 spiro atoms. The van der Waals surface area contributed by atoms with Crippen molar-refractivity contribution in [3.05, 3.63) is 40.9 Å². The van der Waals surface area contributed by atoms with Crippen LogP contribution >= 0.6 is 11.6 Å². The topological polar surface area (TPSA) is 0 Å². The van der Waals surface area contributed by atoms with Gasteiger partial charge in [0, 0.05) is 5.02 Å². The van der Waals surface area contributed by atoms with Crippen LogP contribution in [0.4, 0.5) is 13.2 Å². The molecule has 1 rings (SSSR count). The van der Waals surface area contributed by atoms with Gasteiger partial charge >= 0.3 is 0 Å². The van der Waals surface area contributed by atoms with E-state index in [-0.39, 0.29) is 0 Å². The largest absolute Gasteiger partial charge is 0.250 e. The summed E-state index contributed by atoms with van der Waals surface area (Å²) in [5.41, 5.74) is -0.963. The lowest BCUT2D eigenvalue weighted by molar-refractivity contribution is 0.164. The van der Waals surface area contributed by atoms with Crippen molar-refractivity contribution in [2.24, 2.45) is 5.41 Å². The lowest BCUT2D eigenvalue weighted by atomic mass is 9.92. The first-order chi connectivity index (χ1) is 7.65. The average molecular weight is 249 g/mol. The van der Waals surface area contributed by atoms with Crippen LogP contribution in [0, 0.1) is 5.41 Å². The van der Waals surface area contributed by atoms with Gasteiger partial charge in [-0.05, 0) is 17.7 Å². The highest BCUT2D eigenvalue weighted by Gasteiger charge is 2.27. The minimum atomic E-state index is -1.65. The summed E-state index contributed by atoms with van der Waals surface area (Å²) in [5, 5.41) is 0.522. The summed E-state index contributed by atoms with van der Waals surface area (Å²) in [6.45, 7) is -3.18. The first-order valence-corrected chi connectivity index (χ1v) is 5.16. The predicted octanol–water partition coefficient (Wildman–Crippen LogP) is 4.25. The molecule has 0 radical (unpaired) electrons. The monoisotopic (exact) mass is 248 g/mol.